The van der Waals surface area contributed by atoms with Crippen molar-refractivity contribution in [2.75, 3.05) is 12.4 Å². The molecule has 0 radical (unpaired) electrons. The first kappa shape index (κ1) is 17.3. The van der Waals surface area contributed by atoms with Crippen LogP contribution in [0.25, 0.3) is 0 Å². The van der Waals surface area contributed by atoms with Crippen molar-refractivity contribution in [1.82, 2.24) is 0 Å². The van der Waals surface area contributed by atoms with Gasteiger partial charge < -0.3 is 14.8 Å². The van der Waals surface area contributed by atoms with Crippen LogP contribution in [0.2, 0.25) is 0 Å². The molecule has 0 aliphatic heterocycles. The van der Waals surface area contributed by atoms with E-state index in [4.69, 9.17) is 9.47 Å². The highest BCUT2D eigenvalue weighted by molar-refractivity contribution is 5.98. The second-order valence-corrected chi connectivity index (χ2v) is 6.20. The number of hydrogen-bond acceptors (Lipinski definition) is 4. The van der Waals surface area contributed by atoms with Crippen molar-refractivity contribution in [2.45, 2.75) is 57.7 Å². The standard InChI is InChI=1S/C18H24N2O3/c1-13(2)23-15-7-8-16(14(11-15)12-19)20-17(21)18(22-3)9-5-4-6-10-18/h7-8,11,13H,4-6,9-10H2,1-3H3,(H,20,21). The highest BCUT2D eigenvalue weighted by Gasteiger charge is 2.39. The molecular weight excluding hydrogens is 292 g/mol. The lowest BCUT2D eigenvalue weighted by Crippen LogP contribution is -2.46. The van der Waals surface area contributed by atoms with Gasteiger partial charge in [-0.05, 0) is 38.8 Å². The molecule has 1 aliphatic rings. The Hall–Kier alpha value is -2.06. The number of anilines is 1. The summed E-state index contributed by atoms with van der Waals surface area (Å²) in [4.78, 5) is 12.7. The number of benzene rings is 1. The van der Waals surface area contributed by atoms with Crippen LogP contribution < -0.4 is 10.1 Å². The van der Waals surface area contributed by atoms with Gasteiger partial charge in [0, 0.05) is 13.2 Å². The summed E-state index contributed by atoms with van der Waals surface area (Å²) in [5.74, 6) is 0.447. The fraction of sp³-hybridized carbons (Fsp3) is 0.556. The van der Waals surface area contributed by atoms with Crippen LogP contribution in [0.15, 0.2) is 18.2 Å². The van der Waals surface area contributed by atoms with Crippen molar-refractivity contribution in [3.63, 3.8) is 0 Å². The minimum Gasteiger partial charge on any atom is -0.491 e. The van der Waals surface area contributed by atoms with Crippen LogP contribution in [-0.4, -0.2) is 24.7 Å². The third kappa shape index (κ3) is 4.02. The van der Waals surface area contributed by atoms with E-state index in [1.165, 1.54) is 0 Å². The van der Waals surface area contributed by atoms with E-state index in [1.54, 1.807) is 25.3 Å². The van der Waals surface area contributed by atoms with Gasteiger partial charge in [-0.1, -0.05) is 19.3 Å². The number of nitriles is 1. The third-order valence-corrected chi connectivity index (χ3v) is 4.20. The molecule has 0 spiro atoms. The van der Waals surface area contributed by atoms with Crippen LogP contribution >= 0.6 is 0 Å². The first-order valence-electron chi connectivity index (χ1n) is 8.08. The Morgan fingerprint density at radius 2 is 2.00 bits per heavy atom. The SMILES string of the molecule is COC1(C(=O)Nc2ccc(OC(C)C)cc2C#N)CCCCC1. The van der Waals surface area contributed by atoms with Crippen LogP contribution in [0.5, 0.6) is 5.75 Å². The van der Waals surface area contributed by atoms with Gasteiger partial charge in [0.15, 0.2) is 0 Å². The predicted molar refractivity (Wildman–Crippen MR) is 88.4 cm³/mol. The minimum absolute atomic E-state index is 0.0287. The van der Waals surface area contributed by atoms with Crippen molar-refractivity contribution in [2.24, 2.45) is 0 Å². The second-order valence-electron chi connectivity index (χ2n) is 6.20. The fourth-order valence-corrected chi connectivity index (χ4v) is 2.95. The Labute approximate surface area is 137 Å². The number of ether oxygens (including phenoxy) is 2. The molecule has 0 atom stereocenters. The largest absolute Gasteiger partial charge is 0.491 e. The van der Waals surface area contributed by atoms with Gasteiger partial charge in [0.1, 0.15) is 17.4 Å². The molecule has 5 nitrogen and oxygen atoms in total. The molecule has 23 heavy (non-hydrogen) atoms. The highest BCUT2D eigenvalue weighted by atomic mass is 16.5. The van der Waals surface area contributed by atoms with Crippen molar-refractivity contribution in [3.05, 3.63) is 23.8 Å². The first-order chi connectivity index (χ1) is 11.0. The number of nitrogens with zero attached hydrogens (tertiary/aromatic N) is 1. The summed E-state index contributed by atoms with van der Waals surface area (Å²) in [6, 6.07) is 7.23. The third-order valence-electron chi connectivity index (χ3n) is 4.20. The normalized spacial score (nSPS) is 16.7. The molecule has 1 aromatic carbocycles. The van der Waals surface area contributed by atoms with Gasteiger partial charge in [-0.25, -0.2) is 0 Å². The van der Waals surface area contributed by atoms with Gasteiger partial charge in [-0.3, -0.25) is 4.79 Å². The molecule has 124 valence electrons. The van der Waals surface area contributed by atoms with Crippen LogP contribution in [0.4, 0.5) is 5.69 Å². The Morgan fingerprint density at radius 3 is 2.57 bits per heavy atom. The smallest absolute Gasteiger partial charge is 0.256 e. The zero-order valence-corrected chi connectivity index (χ0v) is 14.0. The maximum atomic E-state index is 12.7. The van der Waals surface area contributed by atoms with Crippen LogP contribution in [-0.2, 0) is 9.53 Å². The number of methoxy groups -OCH3 is 1. The van der Waals surface area contributed by atoms with Gasteiger partial charge in [0.25, 0.3) is 5.91 Å². The number of rotatable bonds is 5. The second kappa shape index (κ2) is 7.47. The van der Waals surface area contributed by atoms with E-state index in [0.29, 0.717) is 29.8 Å². The predicted octanol–water partition coefficient (Wildman–Crippen LogP) is 3.63. The summed E-state index contributed by atoms with van der Waals surface area (Å²) >= 11 is 0. The summed E-state index contributed by atoms with van der Waals surface area (Å²) in [6.45, 7) is 3.85. The van der Waals surface area contributed by atoms with E-state index in [0.717, 1.165) is 19.3 Å². The van der Waals surface area contributed by atoms with Gasteiger partial charge in [-0.15, -0.1) is 0 Å². The van der Waals surface area contributed by atoms with Gasteiger partial charge in [-0.2, -0.15) is 5.26 Å². The van der Waals surface area contributed by atoms with Crippen molar-refractivity contribution >= 4 is 11.6 Å². The number of amides is 1. The zero-order chi connectivity index (χ0) is 16.9. The van der Waals surface area contributed by atoms with E-state index in [9.17, 15) is 10.1 Å². The average Bonchev–Trinajstić information content (AvgIpc) is 2.56. The molecule has 0 heterocycles. The minimum atomic E-state index is -0.780. The van der Waals surface area contributed by atoms with Gasteiger partial charge in [0.2, 0.25) is 0 Å². The number of carbonyl (C=O) groups excluding carboxylic acids is 1. The van der Waals surface area contributed by atoms with Gasteiger partial charge in [0.05, 0.1) is 17.4 Å². The Kier molecular flexibility index (Phi) is 5.62. The summed E-state index contributed by atoms with van der Waals surface area (Å²) in [7, 11) is 1.58. The zero-order valence-electron chi connectivity index (χ0n) is 14.0. The average molecular weight is 316 g/mol. The maximum absolute atomic E-state index is 12.7. The topological polar surface area (TPSA) is 71.3 Å². The van der Waals surface area contributed by atoms with Crippen molar-refractivity contribution in [1.29, 1.82) is 5.26 Å². The number of nitrogens with one attached hydrogen (secondary N) is 1. The molecule has 5 heteroatoms. The van der Waals surface area contributed by atoms with E-state index in [2.05, 4.69) is 11.4 Å². The summed E-state index contributed by atoms with van der Waals surface area (Å²) in [5.41, 5.74) is 0.104. The molecule has 0 saturated heterocycles. The lowest BCUT2D eigenvalue weighted by Gasteiger charge is -2.34. The lowest BCUT2D eigenvalue weighted by atomic mass is 9.84. The monoisotopic (exact) mass is 316 g/mol. The van der Waals surface area contributed by atoms with Crippen LogP contribution in [0.1, 0.15) is 51.5 Å². The molecule has 0 unspecified atom stereocenters. The number of hydrogen-bond donors (Lipinski definition) is 1. The molecule has 1 aromatic rings. The Balaban J connectivity index is 2.18. The Morgan fingerprint density at radius 1 is 1.30 bits per heavy atom. The van der Waals surface area contributed by atoms with Crippen molar-refractivity contribution in [3.8, 4) is 11.8 Å². The molecule has 1 aliphatic carbocycles. The molecule has 1 amide bonds. The maximum Gasteiger partial charge on any atom is 0.256 e. The van der Waals surface area contributed by atoms with Crippen LogP contribution in [0, 0.1) is 11.3 Å². The van der Waals surface area contributed by atoms with E-state index in [1.807, 2.05) is 13.8 Å². The lowest BCUT2D eigenvalue weighted by molar-refractivity contribution is -0.141. The Bertz CT molecular complexity index is 599. The van der Waals surface area contributed by atoms with Gasteiger partial charge >= 0.3 is 0 Å². The van der Waals surface area contributed by atoms with E-state index < -0.39 is 5.60 Å². The summed E-state index contributed by atoms with van der Waals surface area (Å²) < 4.78 is 11.1. The number of carbonyl (C=O) groups is 1. The molecule has 2 rings (SSSR count). The molecule has 1 saturated carbocycles. The first-order valence-corrected chi connectivity index (χ1v) is 8.08. The van der Waals surface area contributed by atoms with Crippen LogP contribution in [0.3, 0.4) is 0 Å². The fourth-order valence-electron chi connectivity index (χ4n) is 2.95. The quantitative estimate of drug-likeness (QED) is 0.900. The summed E-state index contributed by atoms with van der Waals surface area (Å²) in [5, 5.41) is 12.2. The molecule has 1 fully saturated rings. The van der Waals surface area contributed by atoms with E-state index >= 15 is 0 Å². The highest BCUT2D eigenvalue weighted by Crippen LogP contribution is 2.33. The molecule has 0 bridgehead atoms. The molecule has 1 N–H and O–H groups in total. The molecule has 0 aromatic heterocycles. The van der Waals surface area contributed by atoms with Crippen molar-refractivity contribution < 1.29 is 14.3 Å². The van der Waals surface area contributed by atoms with E-state index in [-0.39, 0.29) is 12.0 Å². The summed E-state index contributed by atoms with van der Waals surface area (Å²) in [6.07, 6.45) is 4.54. The molecular formula is C18H24N2O3.